The van der Waals surface area contributed by atoms with Crippen LogP contribution in [0.1, 0.15) is 39.0 Å². The van der Waals surface area contributed by atoms with E-state index >= 15 is 0 Å². The third kappa shape index (κ3) is 1.68. The number of hydrogen-bond donors (Lipinski definition) is 1. The van der Waals surface area contributed by atoms with Gasteiger partial charge in [-0.25, -0.2) is 0 Å². The Morgan fingerprint density at radius 1 is 1.50 bits per heavy atom. The number of fused-ring (bicyclic) bond motifs is 1. The standard InChI is InChI=1S/C13H18O5/c1-7-4-9(14)10-6-13(7)11(17-10)3-2-8(18-13)5-12(15)16/h7-8,10-11H,2-6H2,1H3,(H,15,16)/t7?,8?,10-,11?,13?/m1/s1. The van der Waals surface area contributed by atoms with Gasteiger partial charge in [0.05, 0.1) is 18.6 Å². The lowest BCUT2D eigenvalue weighted by atomic mass is 9.71. The minimum Gasteiger partial charge on any atom is -0.481 e. The van der Waals surface area contributed by atoms with Gasteiger partial charge >= 0.3 is 5.97 Å². The Hall–Kier alpha value is -0.940. The topological polar surface area (TPSA) is 72.8 Å². The zero-order valence-electron chi connectivity index (χ0n) is 10.4. The molecule has 100 valence electrons. The molecule has 1 N–H and O–H groups in total. The highest BCUT2D eigenvalue weighted by Crippen LogP contribution is 2.51. The van der Waals surface area contributed by atoms with E-state index in [-0.39, 0.29) is 36.4 Å². The van der Waals surface area contributed by atoms with Gasteiger partial charge in [-0.15, -0.1) is 0 Å². The fraction of sp³-hybridized carbons (Fsp3) is 0.846. The van der Waals surface area contributed by atoms with E-state index in [1.165, 1.54) is 0 Å². The van der Waals surface area contributed by atoms with Gasteiger partial charge in [0.2, 0.25) is 0 Å². The van der Waals surface area contributed by atoms with E-state index in [4.69, 9.17) is 14.6 Å². The van der Waals surface area contributed by atoms with Crippen LogP contribution in [0, 0.1) is 5.92 Å². The molecule has 18 heavy (non-hydrogen) atoms. The monoisotopic (exact) mass is 254 g/mol. The minimum absolute atomic E-state index is 0.0333. The second kappa shape index (κ2) is 4.03. The SMILES string of the molecule is CC1CC(=O)[C@H]2CC13OC(CC(=O)O)CCC3O2. The summed E-state index contributed by atoms with van der Waals surface area (Å²) >= 11 is 0. The molecule has 1 aliphatic carbocycles. The first-order valence-corrected chi connectivity index (χ1v) is 6.59. The first-order chi connectivity index (χ1) is 8.51. The second-order valence-electron chi connectivity index (χ2n) is 5.76. The average molecular weight is 254 g/mol. The summed E-state index contributed by atoms with van der Waals surface area (Å²) in [6.07, 6.45) is 2.04. The van der Waals surface area contributed by atoms with E-state index in [0.29, 0.717) is 19.3 Å². The van der Waals surface area contributed by atoms with Crippen LogP contribution < -0.4 is 0 Å². The molecule has 4 unspecified atom stereocenters. The first-order valence-electron chi connectivity index (χ1n) is 6.59. The van der Waals surface area contributed by atoms with Crippen molar-refractivity contribution in [1.82, 2.24) is 0 Å². The Kier molecular flexibility index (Phi) is 2.71. The van der Waals surface area contributed by atoms with Gasteiger partial charge in [-0.3, -0.25) is 9.59 Å². The van der Waals surface area contributed by atoms with Crippen LogP contribution >= 0.6 is 0 Å². The molecule has 1 spiro atoms. The maximum absolute atomic E-state index is 11.8. The van der Waals surface area contributed by atoms with Gasteiger partial charge in [0.1, 0.15) is 11.7 Å². The number of carboxylic acids is 1. The summed E-state index contributed by atoms with van der Waals surface area (Å²) in [6, 6.07) is 0. The molecule has 0 amide bonds. The maximum Gasteiger partial charge on any atom is 0.305 e. The Morgan fingerprint density at radius 3 is 3.00 bits per heavy atom. The quantitative estimate of drug-likeness (QED) is 0.800. The molecule has 3 aliphatic rings. The summed E-state index contributed by atoms with van der Waals surface area (Å²) in [7, 11) is 0. The molecule has 5 nitrogen and oxygen atoms in total. The maximum atomic E-state index is 11.8. The molecule has 2 saturated heterocycles. The fourth-order valence-corrected chi connectivity index (χ4v) is 3.69. The van der Waals surface area contributed by atoms with Crippen molar-refractivity contribution in [2.75, 3.05) is 0 Å². The first kappa shape index (κ1) is 12.1. The third-order valence-corrected chi connectivity index (χ3v) is 4.62. The molecule has 5 heteroatoms. The second-order valence-corrected chi connectivity index (χ2v) is 5.76. The molecule has 0 aromatic rings. The minimum atomic E-state index is -0.829. The fourth-order valence-electron chi connectivity index (χ4n) is 3.69. The number of hydrogen-bond acceptors (Lipinski definition) is 4. The molecule has 2 bridgehead atoms. The van der Waals surface area contributed by atoms with Gasteiger partial charge in [-0.1, -0.05) is 6.92 Å². The number of ketones is 1. The predicted octanol–water partition coefficient (Wildman–Crippen LogP) is 1.15. The van der Waals surface area contributed by atoms with E-state index in [9.17, 15) is 9.59 Å². The number of ether oxygens (including phenoxy) is 2. The lowest BCUT2D eigenvalue weighted by Gasteiger charge is -2.46. The van der Waals surface area contributed by atoms with Crippen molar-refractivity contribution >= 4 is 11.8 Å². The number of rotatable bonds is 2. The van der Waals surface area contributed by atoms with Crippen LogP contribution in [0.3, 0.4) is 0 Å². The summed E-state index contributed by atoms with van der Waals surface area (Å²) in [5.41, 5.74) is -0.420. The molecule has 5 atom stereocenters. The number of carbonyl (C=O) groups excluding carboxylic acids is 1. The van der Waals surface area contributed by atoms with Gasteiger partial charge in [-0.05, 0) is 18.8 Å². The molecule has 1 saturated carbocycles. The van der Waals surface area contributed by atoms with Crippen LogP contribution in [0.4, 0.5) is 0 Å². The lowest BCUT2D eigenvalue weighted by Crippen LogP contribution is -2.54. The van der Waals surface area contributed by atoms with Crippen molar-refractivity contribution in [3.63, 3.8) is 0 Å². The van der Waals surface area contributed by atoms with Crippen molar-refractivity contribution in [2.45, 2.75) is 62.9 Å². The molecule has 3 rings (SSSR count). The van der Waals surface area contributed by atoms with Crippen molar-refractivity contribution in [3.8, 4) is 0 Å². The van der Waals surface area contributed by atoms with Crippen LogP contribution in [-0.2, 0) is 19.1 Å². The van der Waals surface area contributed by atoms with Crippen molar-refractivity contribution < 1.29 is 24.2 Å². The Bertz CT molecular complexity index is 393. The molecule has 0 radical (unpaired) electrons. The number of aliphatic carboxylic acids is 1. The van der Waals surface area contributed by atoms with Gasteiger partial charge in [0.15, 0.2) is 5.78 Å². The molecular formula is C13H18O5. The van der Waals surface area contributed by atoms with Gasteiger partial charge < -0.3 is 14.6 Å². The number of Topliss-reactive ketones (excluding diaryl/α,β-unsaturated/α-hetero) is 1. The predicted molar refractivity (Wildman–Crippen MR) is 61.2 cm³/mol. The van der Waals surface area contributed by atoms with Crippen LogP contribution in [-0.4, -0.2) is 40.8 Å². The number of carbonyl (C=O) groups is 2. The normalized spacial score (nSPS) is 46.8. The van der Waals surface area contributed by atoms with E-state index < -0.39 is 11.6 Å². The van der Waals surface area contributed by atoms with E-state index in [1.807, 2.05) is 6.92 Å². The van der Waals surface area contributed by atoms with Crippen LogP contribution in [0.5, 0.6) is 0 Å². The van der Waals surface area contributed by atoms with Crippen molar-refractivity contribution in [3.05, 3.63) is 0 Å². The van der Waals surface area contributed by atoms with E-state index in [2.05, 4.69) is 0 Å². The Labute approximate surface area is 105 Å². The van der Waals surface area contributed by atoms with Gasteiger partial charge in [0.25, 0.3) is 0 Å². The Balaban J connectivity index is 1.82. The molecule has 0 aromatic carbocycles. The lowest BCUT2D eigenvalue weighted by molar-refractivity contribution is -0.191. The zero-order chi connectivity index (χ0) is 12.9. The molecule has 2 heterocycles. The molecule has 0 aromatic heterocycles. The zero-order valence-corrected chi connectivity index (χ0v) is 10.4. The third-order valence-electron chi connectivity index (χ3n) is 4.62. The summed E-state index contributed by atoms with van der Waals surface area (Å²) in [5.74, 6) is -0.545. The van der Waals surface area contributed by atoms with Crippen molar-refractivity contribution in [1.29, 1.82) is 0 Å². The van der Waals surface area contributed by atoms with Gasteiger partial charge in [-0.2, -0.15) is 0 Å². The van der Waals surface area contributed by atoms with Crippen molar-refractivity contribution in [2.24, 2.45) is 5.92 Å². The summed E-state index contributed by atoms with van der Waals surface area (Å²) in [4.78, 5) is 22.6. The summed E-state index contributed by atoms with van der Waals surface area (Å²) < 4.78 is 11.9. The highest BCUT2D eigenvalue weighted by atomic mass is 16.6. The summed E-state index contributed by atoms with van der Waals surface area (Å²) in [5, 5.41) is 8.87. The largest absolute Gasteiger partial charge is 0.481 e. The highest BCUT2D eigenvalue weighted by Gasteiger charge is 2.60. The Morgan fingerprint density at radius 2 is 2.28 bits per heavy atom. The molecule has 3 fully saturated rings. The smallest absolute Gasteiger partial charge is 0.305 e. The van der Waals surface area contributed by atoms with E-state index in [1.54, 1.807) is 0 Å². The van der Waals surface area contributed by atoms with Crippen LogP contribution in [0.25, 0.3) is 0 Å². The van der Waals surface area contributed by atoms with E-state index in [0.717, 1.165) is 6.42 Å². The number of carboxylic acid groups (broad SMARTS) is 1. The molecular weight excluding hydrogens is 236 g/mol. The van der Waals surface area contributed by atoms with Gasteiger partial charge in [0, 0.05) is 12.8 Å². The molecule has 2 aliphatic heterocycles. The van der Waals surface area contributed by atoms with Crippen LogP contribution in [0.2, 0.25) is 0 Å². The average Bonchev–Trinajstić information content (AvgIpc) is 2.63. The summed E-state index contributed by atoms with van der Waals surface area (Å²) in [6.45, 7) is 2.01. The highest BCUT2D eigenvalue weighted by molar-refractivity contribution is 5.85. The van der Waals surface area contributed by atoms with Crippen LogP contribution in [0.15, 0.2) is 0 Å².